The third-order valence-corrected chi connectivity index (χ3v) is 7.23. The van der Waals surface area contributed by atoms with Crippen LogP contribution in [0.5, 0.6) is 0 Å². The lowest BCUT2D eigenvalue weighted by atomic mass is 9.94. The molecule has 1 aromatic rings. The Hall–Kier alpha value is -1.15. The van der Waals surface area contributed by atoms with Crippen molar-refractivity contribution in [3.63, 3.8) is 0 Å². The molecule has 2 heterocycles. The maximum Gasteiger partial charge on any atom is 0.244 e. The van der Waals surface area contributed by atoms with Crippen LogP contribution in [0.1, 0.15) is 31.4 Å². The van der Waals surface area contributed by atoms with Gasteiger partial charge >= 0.3 is 0 Å². The zero-order valence-electron chi connectivity index (χ0n) is 15.2. The van der Waals surface area contributed by atoms with Crippen LogP contribution >= 0.6 is 12.4 Å². The maximum atomic E-state index is 13.3. The lowest BCUT2D eigenvalue weighted by Gasteiger charge is -2.43. The fraction of sp³-hybridized carbons (Fsp3) is 0.611. The van der Waals surface area contributed by atoms with Gasteiger partial charge in [0, 0.05) is 12.8 Å². The zero-order valence-corrected chi connectivity index (χ0v) is 16.8. The summed E-state index contributed by atoms with van der Waals surface area (Å²) in [6.07, 6.45) is 1.47. The second kappa shape index (κ2) is 8.25. The fourth-order valence-corrected chi connectivity index (χ4v) is 5.22. The molecule has 0 radical (unpaired) electrons. The van der Waals surface area contributed by atoms with Crippen molar-refractivity contribution in [3.8, 4) is 0 Å². The third kappa shape index (κ3) is 4.06. The molecule has 1 N–H and O–H groups in total. The Morgan fingerprint density at radius 2 is 1.81 bits per heavy atom. The Morgan fingerprint density at radius 1 is 1.19 bits per heavy atom. The number of amides is 1. The molecule has 1 aromatic carbocycles. The quantitative estimate of drug-likeness (QED) is 0.830. The number of benzene rings is 1. The molecule has 2 unspecified atom stereocenters. The zero-order chi connectivity index (χ0) is 18.1. The third-order valence-electron chi connectivity index (χ3n) is 5.23. The topological polar surface area (TPSA) is 75.7 Å². The monoisotopic (exact) mass is 402 g/mol. The highest BCUT2D eigenvalue weighted by Gasteiger charge is 2.51. The molecule has 2 aliphatic heterocycles. The number of ether oxygens (including phenoxy) is 1. The molecule has 2 fully saturated rings. The number of nitrogens with one attached hydrogen (secondary N) is 1. The second-order valence-electron chi connectivity index (χ2n) is 7.07. The second-order valence-corrected chi connectivity index (χ2v) is 9.40. The van der Waals surface area contributed by atoms with Crippen molar-refractivity contribution in [2.75, 3.05) is 32.4 Å². The van der Waals surface area contributed by atoms with Gasteiger partial charge in [0.05, 0.1) is 12.6 Å². The van der Waals surface area contributed by atoms with Crippen molar-refractivity contribution in [1.82, 2.24) is 10.2 Å². The molecule has 6 nitrogen and oxygen atoms in total. The summed E-state index contributed by atoms with van der Waals surface area (Å²) in [6, 6.07) is 9.76. The van der Waals surface area contributed by atoms with Crippen LogP contribution in [0.15, 0.2) is 30.3 Å². The summed E-state index contributed by atoms with van der Waals surface area (Å²) in [5.41, 5.74) is 1.01. The van der Waals surface area contributed by atoms with E-state index in [1.165, 1.54) is 6.26 Å². The van der Waals surface area contributed by atoms with E-state index in [1.54, 1.807) is 4.90 Å². The van der Waals surface area contributed by atoms with Gasteiger partial charge in [-0.15, -0.1) is 12.4 Å². The number of carbonyl (C=O) groups excluding carboxylic acids is 1. The molecule has 0 bridgehead atoms. The number of nitrogens with zero attached hydrogens (tertiary/aromatic N) is 1. The van der Waals surface area contributed by atoms with Gasteiger partial charge in [0.2, 0.25) is 5.91 Å². The van der Waals surface area contributed by atoms with Gasteiger partial charge in [0.15, 0.2) is 14.6 Å². The van der Waals surface area contributed by atoms with Crippen molar-refractivity contribution < 1.29 is 17.9 Å². The van der Waals surface area contributed by atoms with Gasteiger partial charge < -0.3 is 15.0 Å². The van der Waals surface area contributed by atoms with Crippen LogP contribution < -0.4 is 5.32 Å². The molecule has 26 heavy (non-hydrogen) atoms. The minimum absolute atomic E-state index is 0. The van der Waals surface area contributed by atoms with Crippen molar-refractivity contribution in [1.29, 1.82) is 0 Å². The first-order valence-electron chi connectivity index (χ1n) is 8.73. The Bertz CT molecular complexity index is 720. The number of hydrogen-bond donors (Lipinski definition) is 1. The Kier molecular flexibility index (Phi) is 6.71. The fourth-order valence-electron chi connectivity index (χ4n) is 3.83. The van der Waals surface area contributed by atoms with Gasteiger partial charge in [0.1, 0.15) is 6.10 Å². The summed E-state index contributed by atoms with van der Waals surface area (Å²) < 4.78 is 29.7. The average molecular weight is 403 g/mol. The first-order chi connectivity index (χ1) is 11.8. The molecule has 1 amide bonds. The highest BCUT2D eigenvalue weighted by molar-refractivity contribution is 7.92. The number of sulfone groups is 1. The van der Waals surface area contributed by atoms with Gasteiger partial charge in [-0.25, -0.2) is 8.42 Å². The molecule has 0 aromatic heterocycles. The normalized spacial score (nSPS) is 26.0. The highest BCUT2D eigenvalue weighted by atomic mass is 35.5. The molecule has 8 heteroatoms. The first-order valence-corrected chi connectivity index (χ1v) is 10.6. The summed E-state index contributed by atoms with van der Waals surface area (Å²) in [6.45, 7) is 3.82. The van der Waals surface area contributed by atoms with Crippen LogP contribution in [-0.2, 0) is 19.4 Å². The van der Waals surface area contributed by atoms with Gasteiger partial charge in [0.25, 0.3) is 0 Å². The summed E-state index contributed by atoms with van der Waals surface area (Å²) in [4.78, 5) is 15.0. The number of rotatable bonds is 3. The van der Waals surface area contributed by atoms with E-state index >= 15 is 0 Å². The smallest absolute Gasteiger partial charge is 0.244 e. The standard InChI is InChI=1S/C18H26N2O4S.ClH/c1-14-12-20(13-16(24-14)15-6-4-3-5-7-15)17(21)18(25(2,22)23)8-10-19-11-9-18;/h3-7,14,16,19H,8-13H2,1-2H3;1H. The Balaban J connectivity index is 0.00000243. The molecule has 0 saturated carbocycles. The van der Waals surface area contributed by atoms with Crippen molar-refractivity contribution >= 4 is 28.2 Å². The number of carbonyl (C=O) groups is 1. The minimum atomic E-state index is -3.51. The summed E-state index contributed by atoms with van der Waals surface area (Å²) in [5.74, 6) is -0.271. The molecule has 0 aliphatic carbocycles. The van der Waals surface area contributed by atoms with E-state index in [4.69, 9.17) is 4.74 Å². The van der Waals surface area contributed by atoms with Crippen LogP contribution in [-0.4, -0.2) is 62.5 Å². The predicted octanol–water partition coefficient (Wildman–Crippen LogP) is 1.56. The van der Waals surface area contributed by atoms with E-state index < -0.39 is 14.6 Å². The Morgan fingerprint density at radius 3 is 2.38 bits per heavy atom. The number of halogens is 1. The molecule has 2 saturated heterocycles. The average Bonchev–Trinajstić information content (AvgIpc) is 2.61. The largest absolute Gasteiger partial charge is 0.367 e. The van der Waals surface area contributed by atoms with Gasteiger partial charge in [-0.3, -0.25) is 4.79 Å². The molecule has 2 atom stereocenters. The number of morpholine rings is 1. The maximum absolute atomic E-state index is 13.3. The van der Waals surface area contributed by atoms with E-state index in [9.17, 15) is 13.2 Å². The van der Waals surface area contributed by atoms with E-state index in [0.29, 0.717) is 39.0 Å². The SMILES string of the molecule is CC1CN(C(=O)C2(S(C)(=O)=O)CCNCC2)CC(c2ccccc2)O1.Cl. The van der Waals surface area contributed by atoms with E-state index in [0.717, 1.165) is 5.56 Å². The van der Waals surface area contributed by atoms with Gasteiger partial charge in [-0.2, -0.15) is 0 Å². The van der Waals surface area contributed by atoms with Crippen LogP contribution in [0.2, 0.25) is 0 Å². The summed E-state index contributed by atoms with van der Waals surface area (Å²) in [7, 11) is -3.51. The molecule has 3 rings (SSSR count). The van der Waals surface area contributed by atoms with Crippen molar-refractivity contribution in [2.24, 2.45) is 0 Å². The van der Waals surface area contributed by atoms with Crippen molar-refractivity contribution in [2.45, 2.75) is 36.7 Å². The summed E-state index contributed by atoms with van der Waals surface area (Å²) >= 11 is 0. The molecular weight excluding hydrogens is 376 g/mol. The van der Waals surface area contributed by atoms with Crippen LogP contribution in [0.25, 0.3) is 0 Å². The lowest BCUT2D eigenvalue weighted by Crippen LogP contribution is -2.60. The Labute approximate surface area is 161 Å². The predicted molar refractivity (Wildman–Crippen MR) is 103 cm³/mol. The number of piperidine rings is 1. The minimum Gasteiger partial charge on any atom is -0.367 e. The van der Waals surface area contributed by atoms with Gasteiger partial charge in [-0.05, 0) is 38.4 Å². The molecule has 146 valence electrons. The lowest BCUT2D eigenvalue weighted by molar-refractivity contribution is -0.148. The van der Waals surface area contributed by atoms with E-state index in [-0.39, 0.29) is 30.5 Å². The molecule has 2 aliphatic rings. The van der Waals surface area contributed by atoms with Crippen LogP contribution in [0, 0.1) is 0 Å². The van der Waals surface area contributed by atoms with Crippen molar-refractivity contribution in [3.05, 3.63) is 35.9 Å². The summed E-state index contributed by atoms with van der Waals surface area (Å²) in [5, 5.41) is 3.15. The highest BCUT2D eigenvalue weighted by Crippen LogP contribution is 2.33. The van der Waals surface area contributed by atoms with E-state index in [2.05, 4.69) is 5.32 Å². The van der Waals surface area contributed by atoms with Crippen LogP contribution in [0.4, 0.5) is 0 Å². The van der Waals surface area contributed by atoms with Gasteiger partial charge in [-0.1, -0.05) is 30.3 Å². The number of hydrogen-bond acceptors (Lipinski definition) is 5. The first kappa shape index (κ1) is 21.2. The molecule has 0 spiro atoms. The molecular formula is C18H27ClN2O4S. The van der Waals surface area contributed by atoms with E-state index in [1.807, 2.05) is 37.3 Å². The van der Waals surface area contributed by atoms with Crippen LogP contribution in [0.3, 0.4) is 0 Å².